The van der Waals surface area contributed by atoms with E-state index in [0.29, 0.717) is 5.92 Å². The van der Waals surface area contributed by atoms with E-state index >= 15 is 0 Å². The average Bonchev–Trinajstić information content (AvgIpc) is 2.30. The first-order valence-electron chi connectivity index (χ1n) is 6.21. The van der Waals surface area contributed by atoms with Crippen molar-refractivity contribution in [3.8, 4) is 0 Å². The van der Waals surface area contributed by atoms with Crippen molar-refractivity contribution >= 4 is 0 Å². The molecule has 1 aliphatic carbocycles. The van der Waals surface area contributed by atoms with Crippen molar-refractivity contribution < 1.29 is 9.47 Å². The van der Waals surface area contributed by atoms with Crippen molar-refractivity contribution in [1.29, 1.82) is 0 Å². The molecule has 0 saturated carbocycles. The summed E-state index contributed by atoms with van der Waals surface area (Å²) >= 11 is 0. The van der Waals surface area contributed by atoms with Crippen LogP contribution in [0.3, 0.4) is 0 Å². The molecule has 1 atom stereocenters. The monoisotopic (exact) mass is 224 g/mol. The first kappa shape index (κ1) is 13.3. The fourth-order valence-electron chi connectivity index (χ4n) is 2.18. The number of allylic oxidation sites excluding steroid dienone is 3. The Labute approximate surface area is 99.3 Å². The van der Waals surface area contributed by atoms with Gasteiger partial charge in [0.05, 0.1) is 12.4 Å². The zero-order valence-electron chi connectivity index (χ0n) is 10.8. The van der Waals surface area contributed by atoms with E-state index in [1.165, 1.54) is 24.0 Å². The van der Waals surface area contributed by atoms with E-state index in [1.807, 2.05) is 0 Å². The topological polar surface area (TPSA) is 18.5 Å². The molecule has 0 aromatic carbocycles. The molecule has 0 saturated heterocycles. The van der Waals surface area contributed by atoms with Gasteiger partial charge in [0.15, 0.2) is 0 Å². The Morgan fingerprint density at radius 3 is 2.75 bits per heavy atom. The first-order valence-corrected chi connectivity index (χ1v) is 6.21. The molecule has 1 aliphatic rings. The van der Waals surface area contributed by atoms with Crippen LogP contribution in [0.25, 0.3) is 0 Å². The molecule has 0 radical (unpaired) electrons. The predicted molar refractivity (Wildman–Crippen MR) is 67.3 cm³/mol. The van der Waals surface area contributed by atoms with Crippen LogP contribution >= 0.6 is 0 Å². The highest BCUT2D eigenvalue weighted by molar-refractivity contribution is 5.34. The lowest BCUT2D eigenvalue weighted by Crippen LogP contribution is -2.13. The van der Waals surface area contributed by atoms with Gasteiger partial charge >= 0.3 is 0 Å². The standard InChI is InChI=1S/C14H24O2/c1-5-13-7-8-14(12(3)11(13)2)16-10-6-9-15-4/h13H,2,5-10H2,1,3-4H3. The molecule has 1 unspecified atom stereocenters. The maximum Gasteiger partial charge on any atom is 0.0991 e. The van der Waals surface area contributed by atoms with Crippen LogP contribution in [0.4, 0.5) is 0 Å². The highest BCUT2D eigenvalue weighted by atomic mass is 16.5. The summed E-state index contributed by atoms with van der Waals surface area (Å²) in [5.41, 5.74) is 2.55. The van der Waals surface area contributed by atoms with E-state index in [1.54, 1.807) is 7.11 Å². The second-order valence-corrected chi connectivity index (χ2v) is 4.41. The Kier molecular flexibility index (Phi) is 5.61. The van der Waals surface area contributed by atoms with Crippen LogP contribution in [0.1, 0.15) is 39.5 Å². The number of rotatable bonds is 6. The van der Waals surface area contributed by atoms with Crippen LogP contribution in [0.15, 0.2) is 23.5 Å². The third-order valence-corrected chi connectivity index (χ3v) is 3.37. The van der Waals surface area contributed by atoms with Gasteiger partial charge in [-0.2, -0.15) is 0 Å². The second-order valence-electron chi connectivity index (χ2n) is 4.41. The van der Waals surface area contributed by atoms with Gasteiger partial charge in [0.2, 0.25) is 0 Å². The minimum Gasteiger partial charge on any atom is -0.498 e. The SMILES string of the molecule is C=C1C(C)=C(OCCCOC)CCC1CC. The lowest BCUT2D eigenvalue weighted by atomic mass is 9.82. The Morgan fingerprint density at radius 1 is 1.38 bits per heavy atom. The fraction of sp³-hybridized carbons (Fsp3) is 0.714. The molecule has 0 aromatic rings. The van der Waals surface area contributed by atoms with Gasteiger partial charge in [0, 0.05) is 26.6 Å². The molecule has 0 aromatic heterocycles. The number of methoxy groups -OCH3 is 1. The zero-order valence-corrected chi connectivity index (χ0v) is 10.8. The van der Waals surface area contributed by atoms with Crippen molar-refractivity contribution in [2.75, 3.05) is 20.3 Å². The van der Waals surface area contributed by atoms with Crippen molar-refractivity contribution in [3.05, 3.63) is 23.5 Å². The Balaban J connectivity index is 2.47. The highest BCUT2D eigenvalue weighted by Crippen LogP contribution is 2.35. The van der Waals surface area contributed by atoms with E-state index < -0.39 is 0 Å². The lowest BCUT2D eigenvalue weighted by molar-refractivity contribution is 0.136. The summed E-state index contributed by atoms with van der Waals surface area (Å²) < 4.78 is 10.8. The van der Waals surface area contributed by atoms with Gasteiger partial charge in [-0.15, -0.1) is 0 Å². The van der Waals surface area contributed by atoms with Crippen LogP contribution in [-0.2, 0) is 9.47 Å². The van der Waals surface area contributed by atoms with Crippen molar-refractivity contribution in [1.82, 2.24) is 0 Å². The van der Waals surface area contributed by atoms with Gasteiger partial charge in [-0.1, -0.05) is 13.5 Å². The highest BCUT2D eigenvalue weighted by Gasteiger charge is 2.21. The second kappa shape index (κ2) is 6.74. The third-order valence-electron chi connectivity index (χ3n) is 3.37. The van der Waals surface area contributed by atoms with Crippen molar-refractivity contribution in [2.45, 2.75) is 39.5 Å². The summed E-state index contributed by atoms with van der Waals surface area (Å²) in [6, 6.07) is 0. The van der Waals surface area contributed by atoms with Crippen LogP contribution in [0.2, 0.25) is 0 Å². The van der Waals surface area contributed by atoms with Crippen LogP contribution in [-0.4, -0.2) is 20.3 Å². The summed E-state index contributed by atoms with van der Waals surface area (Å²) in [6.45, 7) is 10.1. The predicted octanol–water partition coefficient (Wildman–Crippen LogP) is 3.69. The van der Waals surface area contributed by atoms with Crippen LogP contribution in [0.5, 0.6) is 0 Å². The Hall–Kier alpha value is -0.760. The lowest BCUT2D eigenvalue weighted by Gasteiger charge is -2.27. The average molecular weight is 224 g/mol. The first-order chi connectivity index (χ1) is 7.70. The van der Waals surface area contributed by atoms with E-state index in [0.717, 1.165) is 31.8 Å². The molecule has 0 aliphatic heterocycles. The largest absolute Gasteiger partial charge is 0.498 e. The van der Waals surface area contributed by atoms with Gasteiger partial charge in [0.1, 0.15) is 0 Å². The number of hydrogen-bond donors (Lipinski definition) is 0. The summed E-state index contributed by atoms with van der Waals surface area (Å²) in [7, 11) is 1.72. The van der Waals surface area contributed by atoms with Crippen molar-refractivity contribution in [2.24, 2.45) is 5.92 Å². The van der Waals surface area contributed by atoms with Gasteiger partial charge in [0.25, 0.3) is 0 Å². The van der Waals surface area contributed by atoms with Gasteiger partial charge in [-0.3, -0.25) is 0 Å². The molecule has 2 nitrogen and oxygen atoms in total. The molecule has 2 heteroatoms. The normalized spacial score (nSPS) is 21.4. The Bertz CT molecular complexity index is 266. The van der Waals surface area contributed by atoms with E-state index in [-0.39, 0.29) is 0 Å². The molecule has 0 amide bonds. The Morgan fingerprint density at radius 2 is 2.12 bits per heavy atom. The molecule has 0 heterocycles. The van der Waals surface area contributed by atoms with Crippen LogP contribution in [0, 0.1) is 5.92 Å². The maximum atomic E-state index is 5.80. The van der Waals surface area contributed by atoms with Crippen LogP contribution < -0.4 is 0 Å². The molecular formula is C14H24O2. The summed E-state index contributed by atoms with van der Waals surface area (Å²) in [5, 5.41) is 0. The van der Waals surface area contributed by atoms with Crippen molar-refractivity contribution in [3.63, 3.8) is 0 Å². The molecule has 0 fully saturated rings. The molecule has 0 bridgehead atoms. The van der Waals surface area contributed by atoms with E-state index in [9.17, 15) is 0 Å². The van der Waals surface area contributed by atoms with E-state index in [4.69, 9.17) is 9.47 Å². The number of ether oxygens (including phenoxy) is 2. The van der Waals surface area contributed by atoms with Gasteiger partial charge in [-0.25, -0.2) is 0 Å². The summed E-state index contributed by atoms with van der Waals surface area (Å²) in [6.07, 6.45) is 4.40. The maximum absolute atomic E-state index is 5.80. The molecule has 92 valence electrons. The molecule has 0 N–H and O–H groups in total. The molecule has 16 heavy (non-hydrogen) atoms. The molecule has 1 rings (SSSR count). The number of hydrogen-bond acceptors (Lipinski definition) is 2. The third kappa shape index (κ3) is 3.38. The summed E-state index contributed by atoms with van der Waals surface area (Å²) in [5.74, 6) is 1.80. The minimum atomic E-state index is 0.659. The summed E-state index contributed by atoms with van der Waals surface area (Å²) in [4.78, 5) is 0. The smallest absolute Gasteiger partial charge is 0.0991 e. The van der Waals surface area contributed by atoms with Gasteiger partial charge in [-0.05, 0) is 36.8 Å². The molecular weight excluding hydrogens is 200 g/mol. The quantitative estimate of drug-likeness (QED) is 0.641. The minimum absolute atomic E-state index is 0.659. The molecule has 0 spiro atoms. The van der Waals surface area contributed by atoms with E-state index in [2.05, 4.69) is 20.4 Å². The van der Waals surface area contributed by atoms with Gasteiger partial charge < -0.3 is 9.47 Å². The zero-order chi connectivity index (χ0) is 12.0. The fourth-order valence-corrected chi connectivity index (χ4v) is 2.18.